The van der Waals surface area contributed by atoms with Gasteiger partial charge in [0.1, 0.15) is 29.8 Å². The van der Waals surface area contributed by atoms with E-state index in [0.29, 0.717) is 6.61 Å². The van der Waals surface area contributed by atoms with E-state index in [1.165, 1.54) is 15.9 Å². The number of esters is 1. The van der Waals surface area contributed by atoms with E-state index in [2.05, 4.69) is 78.6 Å². The maximum absolute atomic E-state index is 12.5. The Morgan fingerprint density at radius 3 is 1.45 bits per heavy atom. The van der Waals surface area contributed by atoms with E-state index in [1.807, 2.05) is 54.6 Å². The SMILES string of the molecule is O=C(CC=C[P+](c1ccccc1)(c1ccccc1)c1ccccc1)OCc1ccccc1.[Br-]. The van der Waals surface area contributed by atoms with Crippen molar-refractivity contribution < 1.29 is 26.5 Å². The van der Waals surface area contributed by atoms with Crippen LogP contribution < -0.4 is 32.9 Å². The van der Waals surface area contributed by atoms with Gasteiger partial charge < -0.3 is 21.7 Å². The third-order valence-electron chi connectivity index (χ3n) is 5.35. The van der Waals surface area contributed by atoms with Crippen LogP contribution in [0.5, 0.6) is 0 Å². The predicted molar refractivity (Wildman–Crippen MR) is 135 cm³/mol. The van der Waals surface area contributed by atoms with Gasteiger partial charge in [-0.25, -0.2) is 0 Å². The minimum atomic E-state index is -2.07. The van der Waals surface area contributed by atoms with Crippen molar-refractivity contribution in [1.82, 2.24) is 0 Å². The third kappa shape index (κ3) is 6.07. The van der Waals surface area contributed by atoms with Crippen LogP contribution in [0.2, 0.25) is 0 Å². The van der Waals surface area contributed by atoms with E-state index >= 15 is 0 Å². The third-order valence-corrected chi connectivity index (χ3v) is 9.34. The average Bonchev–Trinajstić information content (AvgIpc) is 2.88. The zero-order valence-electron chi connectivity index (χ0n) is 18.3. The molecular weight excluding hydrogens is 491 g/mol. The Morgan fingerprint density at radius 2 is 1.03 bits per heavy atom. The molecule has 166 valence electrons. The summed E-state index contributed by atoms with van der Waals surface area (Å²) >= 11 is 0. The topological polar surface area (TPSA) is 26.3 Å². The molecule has 0 atom stereocenters. The fourth-order valence-corrected chi connectivity index (χ4v) is 7.56. The smallest absolute Gasteiger partial charge is 0.310 e. The van der Waals surface area contributed by atoms with Gasteiger partial charge in [-0.15, -0.1) is 0 Å². The lowest BCUT2D eigenvalue weighted by Crippen LogP contribution is -3.00. The Morgan fingerprint density at radius 1 is 0.636 bits per heavy atom. The molecule has 0 saturated carbocycles. The highest BCUT2D eigenvalue weighted by Crippen LogP contribution is 2.56. The molecule has 0 aliphatic rings. The van der Waals surface area contributed by atoms with Gasteiger partial charge in [-0.05, 0) is 48.0 Å². The molecule has 0 amide bonds. The molecule has 4 aromatic carbocycles. The first-order valence-corrected chi connectivity index (χ1v) is 12.6. The maximum Gasteiger partial charge on any atom is 0.310 e. The largest absolute Gasteiger partial charge is 1.00 e. The lowest BCUT2D eigenvalue weighted by atomic mass is 10.2. The zero-order chi connectivity index (χ0) is 22.1. The van der Waals surface area contributed by atoms with Crippen LogP contribution in [-0.2, 0) is 16.1 Å². The summed E-state index contributed by atoms with van der Waals surface area (Å²) < 4.78 is 5.48. The van der Waals surface area contributed by atoms with Crippen LogP contribution in [0.15, 0.2) is 133 Å². The van der Waals surface area contributed by atoms with E-state index in [-0.39, 0.29) is 29.4 Å². The molecule has 4 heteroatoms. The number of hydrogen-bond donors (Lipinski definition) is 0. The van der Waals surface area contributed by atoms with Crippen molar-refractivity contribution in [3.8, 4) is 0 Å². The predicted octanol–water partition coefficient (Wildman–Crippen LogP) is 2.63. The Balaban J connectivity index is 0.00000306. The van der Waals surface area contributed by atoms with Gasteiger partial charge in [0.15, 0.2) is 0 Å². The first kappa shape index (κ1) is 24.6. The van der Waals surface area contributed by atoms with Crippen molar-refractivity contribution in [2.24, 2.45) is 0 Å². The van der Waals surface area contributed by atoms with Crippen molar-refractivity contribution in [2.45, 2.75) is 13.0 Å². The van der Waals surface area contributed by atoms with Crippen molar-refractivity contribution in [3.63, 3.8) is 0 Å². The number of carbonyl (C=O) groups is 1. The second-order valence-electron chi connectivity index (χ2n) is 7.46. The molecule has 0 aromatic heterocycles. The van der Waals surface area contributed by atoms with E-state index in [0.717, 1.165) is 5.56 Å². The molecule has 0 spiro atoms. The summed E-state index contributed by atoms with van der Waals surface area (Å²) in [5, 5.41) is 3.77. The number of ether oxygens (including phenoxy) is 1. The summed E-state index contributed by atoms with van der Waals surface area (Å²) in [7, 11) is -2.07. The van der Waals surface area contributed by atoms with Crippen molar-refractivity contribution in [3.05, 3.63) is 139 Å². The molecule has 4 rings (SSSR count). The molecule has 0 fully saturated rings. The second kappa shape index (κ2) is 12.3. The Bertz CT molecular complexity index is 1050. The van der Waals surface area contributed by atoms with Crippen LogP contribution in [0, 0.1) is 0 Å². The highest BCUT2D eigenvalue weighted by atomic mass is 79.9. The molecule has 2 nitrogen and oxygen atoms in total. The Kier molecular flexibility index (Phi) is 9.18. The number of halogens is 1. The van der Waals surface area contributed by atoms with Crippen LogP contribution in [0.4, 0.5) is 0 Å². The monoisotopic (exact) mass is 516 g/mol. The van der Waals surface area contributed by atoms with Gasteiger partial charge in [0.2, 0.25) is 0 Å². The minimum absolute atomic E-state index is 0. The normalized spacial score (nSPS) is 11.0. The maximum atomic E-state index is 12.5. The van der Waals surface area contributed by atoms with Gasteiger partial charge in [-0.1, -0.05) is 84.9 Å². The second-order valence-corrected chi connectivity index (χ2v) is 10.8. The van der Waals surface area contributed by atoms with Gasteiger partial charge in [-0.2, -0.15) is 0 Å². The number of rotatable bonds is 8. The molecule has 0 saturated heterocycles. The number of carbonyl (C=O) groups excluding carboxylic acids is 1. The van der Waals surface area contributed by atoms with Crippen LogP contribution >= 0.6 is 7.26 Å². The molecule has 0 N–H and O–H groups in total. The van der Waals surface area contributed by atoms with Gasteiger partial charge in [0.25, 0.3) is 0 Å². The molecule has 0 bridgehead atoms. The van der Waals surface area contributed by atoms with Gasteiger partial charge in [0, 0.05) is 0 Å². The highest BCUT2D eigenvalue weighted by molar-refractivity contribution is 7.98. The summed E-state index contributed by atoms with van der Waals surface area (Å²) in [5.74, 6) is 2.02. The molecule has 0 heterocycles. The molecule has 0 unspecified atom stereocenters. The Labute approximate surface area is 207 Å². The molecule has 0 aliphatic carbocycles. The van der Waals surface area contributed by atoms with Crippen molar-refractivity contribution in [1.29, 1.82) is 0 Å². The molecule has 0 aliphatic heterocycles. The van der Waals surface area contributed by atoms with Crippen LogP contribution in [-0.4, -0.2) is 5.97 Å². The number of hydrogen-bond acceptors (Lipinski definition) is 2. The van der Waals surface area contributed by atoms with Crippen LogP contribution in [0.3, 0.4) is 0 Å². The van der Waals surface area contributed by atoms with E-state index < -0.39 is 7.26 Å². The van der Waals surface area contributed by atoms with Gasteiger partial charge in [0.05, 0.1) is 12.2 Å². The lowest BCUT2D eigenvalue weighted by molar-refractivity contribution is -0.143. The summed E-state index contributed by atoms with van der Waals surface area (Å²) in [6, 6.07) is 41.5. The van der Waals surface area contributed by atoms with Crippen molar-refractivity contribution >= 4 is 29.1 Å². The molecule has 4 aromatic rings. The quantitative estimate of drug-likeness (QED) is 0.266. The minimum Gasteiger partial charge on any atom is -1.00 e. The van der Waals surface area contributed by atoms with Crippen LogP contribution in [0.25, 0.3) is 0 Å². The highest BCUT2D eigenvalue weighted by Gasteiger charge is 2.43. The fourth-order valence-electron chi connectivity index (χ4n) is 3.80. The van der Waals surface area contributed by atoms with Gasteiger partial charge >= 0.3 is 5.97 Å². The first-order chi connectivity index (χ1) is 15.8. The van der Waals surface area contributed by atoms with Crippen molar-refractivity contribution in [2.75, 3.05) is 0 Å². The van der Waals surface area contributed by atoms with Gasteiger partial charge in [-0.3, -0.25) is 4.79 Å². The standard InChI is InChI=1S/C29H26O2P.BrH/c30-29(31-24-25-14-5-1-6-15-25)22-13-23-32(26-16-7-2-8-17-26,27-18-9-3-10-19-27)28-20-11-4-12-21-28;/h1-21,23H,22,24H2;1H/q+1;/p-1. The number of benzene rings is 4. The van der Waals surface area contributed by atoms with E-state index in [1.54, 1.807) is 0 Å². The Hall–Kier alpha value is -3.00. The van der Waals surface area contributed by atoms with E-state index in [4.69, 9.17) is 4.74 Å². The molecular formula is C29H26BrO2P. The summed E-state index contributed by atoms with van der Waals surface area (Å²) in [6.07, 6.45) is 2.22. The molecule has 33 heavy (non-hydrogen) atoms. The van der Waals surface area contributed by atoms with Crippen LogP contribution in [0.1, 0.15) is 12.0 Å². The first-order valence-electron chi connectivity index (χ1n) is 10.7. The lowest BCUT2D eigenvalue weighted by Gasteiger charge is -2.24. The fraction of sp³-hybridized carbons (Fsp3) is 0.0690. The summed E-state index contributed by atoms with van der Waals surface area (Å²) in [6.45, 7) is 0.295. The summed E-state index contributed by atoms with van der Waals surface area (Å²) in [5.41, 5.74) is 0.990. The molecule has 0 radical (unpaired) electrons. The average molecular weight is 517 g/mol. The zero-order valence-corrected chi connectivity index (χ0v) is 20.7. The van der Waals surface area contributed by atoms with E-state index in [9.17, 15) is 4.79 Å². The summed E-state index contributed by atoms with van der Waals surface area (Å²) in [4.78, 5) is 12.5.